The van der Waals surface area contributed by atoms with Gasteiger partial charge in [0.25, 0.3) is 0 Å². The van der Waals surface area contributed by atoms with Crippen molar-refractivity contribution in [3.05, 3.63) is 11.3 Å². The van der Waals surface area contributed by atoms with Crippen LogP contribution >= 0.6 is 0 Å². The number of methoxy groups -OCH3 is 1. The number of anilines is 1. The fourth-order valence-electron chi connectivity index (χ4n) is 0.985. The van der Waals surface area contributed by atoms with Crippen LogP contribution in [0.2, 0.25) is 0 Å². The maximum absolute atomic E-state index is 5.50. The Kier molecular flexibility index (Phi) is 2.48. The van der Waals surface area contributed by atoms with Gasteiger partial charge in [0.1, 0.15) is 5.69 Å². The molecule has 4 heteroatoms. The molecule has 0 amide bonds. The quantitative estimate of drug-likeness (QED) is 0.708. The number of nitrogens with zero attached hydrogens (tertiary/aromatic N) is 1. The smallest absolute Gasteiger partial charge is 0.225 e. The normalized spacial score (nSPS) is 10.4. The first-order valence-corrected chi connectivity index (χ1v) is 3.51. The fraction of sp³-hybridized carbons (Fsp3) is 0.571. The Morgan fingerprint density at radius 2 is 2.36 bits per heavy atom. The van der Waals surface area contributed by atoms with Gasteiger partial charge in [-0.05, 0) is 6.42 Å². The molecule has 0 unspecified atom stereocenters. The Hall–Kier alpha value is -1.03. The van der Waals surface area contributed by atoms with Gasteiger partial charge in [-0.3, -0.25) is 0 Å². The van der Waals surface area contributed by atoms with E-state index >= 15 is 0 Å². The number of ether oxygens (including phenoxy) is 1. The van der Waals surface area contributed by atoms with Crippen molar-refractivity contribution in [2.45, 2.75) is 20.0 Å². The molecule has 1 aromatic heterocycles. The van der Waals surface area contributed by atoms with Crippen molar-refractivity contribution < 1.29 is 9.26 Å². The molecule has 0 bridgehead atoms. The van der Waals surface area contributed by atoms with Gasteiger partial charge in [-0.15, -0.1) is 0 Å². The minimum absolute atomic E-state index is 0.402. The molecular weight excluding hydrogens is 144 g/mol. The summed E-state index contributed by atoms with van der Waals surface area (Å²) in [6, 6.07) is 0. The third-order valence-electron chi connectivity index (χ3n) is 1.53. The van der Waals surface area contributed by atoms with Gasteiger partial charge in [0.2, 0.25) is 5.88 Å². The number of rotatable bonds is 3. The highest BCUT2D eigenvalue weighted by Gasteiger charge is 2.10. The zero-order valence-electron chi connectivity index (χ0n) is 6.76. The van der Waals surface area contributed by atoms with Gasteiger partial charge in [-0.25, -0.2) is 0 Å². The van der Waals surface area contributed by atoms with E-state index in [1.165, 1.54) is 0 Å². The van der Waals surface area contributed by atoms with E-state index in [1.54, 1.807) is 7.11 Å². The second-order valence-electron chi connectivity index (χ2n) is 2.26. The van der Waals surface area contributed by atoms with Crippen molar-refractivity contribution in [1.29, 1.82) is 0 Å². The van der Waals surface area contributed by atoms with Crippen LogP contribution in [0.1, 0.15) is 18.2 Å². The van der Waals surface area contributed by atoms with E-state index in [0.717, 1.165) is 17.7 Å². The van der Waals surface area contributed by atoms with Gasteiger partial charge in [-0.2, -0.15) is 0 Å². The molecule has 0 aliphatic rings. The number of hydrogen-bond donors (Lipinski definition) is 1. The van der Waals surface area contributed by atoms with Crippen LogP contribution in [-0.2, 0) is 17.8 Å². The molecule has 1 aromatic rings. The maximum atomic E-state index is 5.50. The summed E-state index contributed by atoms with van der Waals surface area (Å²) in [5.41, 5.74) is 7.25. The lowest BCUT2D eigenvalue weighted by atomic mass is 10.2. The Balaban J connectivity index is 2.86. The average molecular weight is 156 g/mol. The molecule has 0 aliphatic carbocycles. The molecule has 2 N–H and O–H groups in total. The highest BCUT2D eigenvalue weighted by atomic mass is 16.5. The van der Waals surface area contributed by atoms with Crippen molar-refractivity contribution in [3.8, 4) is 0 Å². The lowest BCUT2D eigenvalue weighted by molar-refractivity contribution is 0.177. The minimum Gasteiger partial charge on any atom is -0.378 e. The SMILES string of the molecule is CCc1c(COC)noc1N. The largest absolute Gasteiger partial charge is 0.378 e. The van der Waals surface area contributed by atoms with Crippen LogP contribution in [-0.4, -0.2) is 12.3 Å². The van der Waals surface area contributed by atoms with E-state index in [1.807, 2.05) is 6.92 Å². The summed E-state index contributed by atoms with van der Waals surface area (Å²) in [5, 5.41) is 3.75. The maximum Gasteiger partial charge on any atom is 0.225 e. The molecule has 11 heavy (non-hydrogen) atoms. The third-order valence-corrected chi connectivity index (χ3v) is 1.53. The minimum atomic E-state index is 0.402. The third kappa shape index (κ3) is 1.51. The van der Waals surface area contributed by atoms with Crippen LogP contribution in [0.5, 0.6) is 0 Å². The summed E-state index contributed by atoms with van der Waals surface area (Å²) in [6.45, 7) is 2.46. The van der Waals surface area contributed by atoms with Crippen molar-refractivity contribution >= 4 is 5.88 Å². The Morgan fingerprint density at radius 1 is 1.64 bits per heavy atom. The van der Waals surface area contributed by atoms with Gasteiger partial charge in [0.15, 0.2) is 0 Å². The summed E-state index contributed by atoms with van der Waals surface area (Å²) in [4.78, 5) is 0. The molecule has 0 aromatic carbocycles. The average Bonchev–Trinajstić information content (AvgIpc) is 2.33. The fourth-order valence-corrected chi connectivity index (χ4v) is 0.985. The number of nitrogen functional groups attached to an aromatic ring is 1. The monoisotopic (exact) mass is 156 g/mol. The molecule has 4 nitrogen and oxygen atoms in total. The molecule has 0 fully saturated rings. The Bertz CT molecular complexity index is 232. The summed E-state index contributed by atoms with van der Waals surface area (Å²) >= 11 is 0. The summed E-state index contributed by atoms with van der Waals surface area (Å²) in [7, 11) is 1.62. The predicted octanol–water partition coefficient (Wildman–Crippen LogP) is 0.966. The summed E-state index contributed by atoms with van der Waals surface area (Å²) < 4.78 is 9.69. The molecule has 1 rings (SSSR count). The summed E-state index contributed by atoms with van der Waals surface area (Å²) in [6.07, 6.45) is 0.827. The topological polar surface area (TPSA) is 61.3 Å². The van der Waals surface area contributed by atoms with Crippen LogP contribution in [0, 0.1) is 0 Å². The van der Waals surface area contributed by atoms with E-state index in [4.69, 9.17) is 15.0 Å². The second-order valence-corrected chi connectivity index (χ2v) is 2.26. The Morgan fingerprint density at radius 3 is 2.91 bits per heavy atom. The van der Waals surface area contributed by atoms with Crippen LogP contribution < -0.4 is 5.73 Å². The first kappa shape index (κ1) is 8.07. The van der Waals surface area contributed by atoms with E-state index in [0.29, 0.717) is 12.5 Å². The van der Waals surface area contributed by atoms with Crippen LogP contribution in [0.25, 0.3) is 0 Å². The molecule has 0 spiro atoms. The highest BCUT2D eigenvalue weighted by molar-refractivity contribution is 5.38. The van der Waals surface area contributed by atoms with Gasteiger partial charge in [0, 0.05) is 12.7 Å². The molecule has 1 heterocycles. The van der Waals surface area contributed by atoms with E-state index in [9.17, 15) is 0 Å². The molecule has 0 atom stereocenters. The molecule has 62 valence electrons. The van der Waals surface area contributed by atoms with Crippen LogP contribution in [0.3, 0.4) is 0 Å². The van der Waals surface area contributed by atoms with Gasteiger partial charge < -0.3 is 15.0 Å². The van der Waals surface area contributed by atoms with Gasteiger partial charge in [0.05, 0.1) is 6.61 Å². The van der Waals surface area contributed by atoms with E-state index < -0.39 is 0 Å². The zero-order valence-corrected chi connectivity index (χ0v) is 6.76. The van der Waals surface area contributed by atoms with Crippen molar-refractivity contribution in [2.75, 3.05) is 12.8 Å². The number of hydrogen-bond acceptors (Lipinski definition) is 4. The second kappa shape index (κ2) is 3.39. The highest BCUT2D eigenvalue weighted by Crippen LogP contribution is 2.16. The molecule has 0 aliphatic heterocycles. The number of aromatic nitrogens is 1. The number of nitrogens with two attached hydrogens (primary N) is 1. The Labute approximate surface area is 65.3 Å². The van der Waals surface area contributed by atoms with E-state index in [-0.39, 0.29) is 0 Å². The van der Waals surface area contributed by atoms with Gasteiger partial charge >= 0.3 is 0 Å². The van der Waals surface area contributed by atoms with Crippen LogP contribution in [0.4, 0.5) is 5.88 Å². The van der Waals surface area contributed by atoms with Gasteiger partial charge in [-0.1, -0.05) is 12.1 Å². The molecule has 0 saturated heterocycles. The zero-order chi connectivity index (χ0) is 8.27. The van der Waals surface area contributed by atoms with Crippen LogP contribution in [0.15, 0.2) is 4.52 Å². The molecule has 0 saturated carbocycles. The lowest BCUT2D eigenvalue weighted by Gasteiger charge is -1.95. The van der Waals surface area contributed by atoms with Crippen molar-refractivity contribution in [3.63, 3.8) is 0 Å². The van der Waals surface area contributed by atoms with Crippen molar-refractivity contribution in [1.82, 2.24) is 5.16 Å². The standard InChI is InChI=1S/C7H12N2O2/c1-3-5-6(4-10-2)9-11-7(5)8/h3-4,8H2,1-2H3. The van der Waals surface area contributed by atoms with E-state index in [2.05, 4.69) is 5.16 Å². The summed E-state index contributed by atoms with van der Waals surface area (Å²) in [5.74, 6) is 0.402. The first-order chi connectivity index (χ1) is 5.29. The molecular formula is C7H12N2O2. The molecule has 0 radical (unpaired) electrons. The first-order valence-electron chi connectivity index (χ1n) is 3.51. The lowest BCUT2D eigenvalue weighted by Crippen LogP contribution is -1.94. The van der Waals surface area contributed by atoms with Crippen molar-refractivity contribution in [2.24, 2.45) is 0 Å². The predicted molar refractivity (Wildman–Crippen MR) is 41.0 cm³/mol.